The van der Waals surface area contributed by atoms with Crippen LogP contribution in [0.1, 0.15) is 10.4 Å². The van der Waals surface area contributed by atoms with Crippen LogP contribution >= 0.6 is 0 Å². The van der Waals surface area contributed by atoms with E-state index < -0.39 is 46.4 Å². The van der Waals surface area contributed by atoms with Gasteiger partial charge in [-0.2, -0.15) is 5.10 Å². The Kier molecular flexibility index (Phi) is 4.77. The second-order valence-electron chi connectivity index (χ2n) is 7.90. The Balaban J connectivity index is 1.55. The zero-order chi connectivity index (χ0) is 23.3. The number of ether oxygens (including phenoxy) is 1. The van der Waals surface area contributed by atoms with Gasteiger partial charge in [0.05, 0.1) is 35.6 Å². The van der Waals surface area contributed by atoms with Gasteiger partial charge in [0.2, 0.25) is 11.8 Å². The molecule has 0 N–H and O–H groups in total. The van der Waals surface area contributed by atoms with Crippen LogP contribution in [0.3, 0.4) is 0 Å². The number of rotatable bonds is 5. The van der Waals surface area contributed by atoms with E-state index in [0.29, 0.717) is 11.4 Å². The van der Waals surface area contributed by atoms with Gasteiger partial charge < -0.3 is 4.74 Å². The number of anilines is 1. The zero-order valence-electron chi connectivity index (χ0n) is 17.4. The maximum absolute atomic E-state index is 13.5. The molecule has 2 saturated heterocycles. The van der Waals surface area contributed by atoms with Crippen molar-refractivity contribution < 1.29 is 24.0 Å². The van der Waals surface area contributed by atoms with E-state index in [-0.39, 0.29) is 11.3 Å². The molecule has 2 amide bonds. The molecule has 3 aliphatic rings. The lowest BCUT2D eigenvalue weighted by molar-refractivity contribution is -0.384. The van der Waals surface area contributed by atoms with Crippen LogP contribution in [0.15, 0.2) is 65.8 Å². The Labute approximate surface area is 187 Å². The zero-order valence-corrected chi connectivity index (χ0v) is 17.4. The average Bonchev–Trinajstić information content (AvgIpc) is 3.31. The summed E-state index contributed by atoms with van der Waals surface area (Å²) in [4.78, 5) is 52.2. The lowest BCUT2D eigenvalue weighted by atomic mass is 9.86. The van der Waals surface area contributed by atoms with Gasteiger partial charge in [0.1, 0.15) is 11.8 Å². The number of hydrogen-bond donors (Lipinski definition) is 0. The van der Waals surface area contributed by atoms with Crippen molar-refractivity contribution in [1.82, 2.24) is 5.01 Å². The number of methoxy groups -OCH3 is 1. The molecule has 10 heteroatoms. The average molecular weight is 446 g/mol. The molecule has 166 valence electrons. The normalized spacial score (nSPS) is 25.2. The van der Waals surface area contributed by atoms with Crippen molar-refractivity contribution in [2.75, 3.05) is 12.0 Å². The predicted octanol–water partition coefficient (Wildman–Crippen LogP) is 2.20. The van der Waals surface area contributed by atoms with Crippen molar-refractivity contribution >= 4 is 35.2 Å². The maximum atomic E-state index is 13.5. The molecule has 4 atom stereocenters. The number of ketones is 1. The number of hydrogen-bond acceptors (Lipinski definition) is 8. The number of carbonyl (C=O) groups excluding carboxylic acids is 3. The van der Waals surface area contributed by atoms with Crippen LogP contribution < -0.4 is 9.64 Å². The van der Waals surface area contributed by atoms with E-state index in [2.05, 4.69) is 5.10 Å². The topological polar surface area (TPSA) is 122 Å². The highest BCUT2D eigenvalue weighted by Crippen LogP contribution is 2.46. The van der Waals surface area contributed by atoms with E-state index in [0.717, 1.165) is 4.90 Å². The molecular weight excluding hydrogens is 428 g/mol. The monoisotopic (exact) mass is 446 g/mol. The van der Waals surface area contributed by atoms with Crippen molar-refractivity contribution in [3.8, 4) is 5.75 Å². The molecule has 5 rings (SSSR count). The number of fused-ring (bicyclic) bond motifs is 3. The van der Waals surface area contributed by atoms with Gasteiger partial charge in [0.25, 0.3) is 5.69 Å². The minimum absolute atomic E-state index is 0.0847. The molecule has 0 radical (unpaired) electrons. The maximum Gasteiger partial charge on any atom is 0.270 e. The molecule has 2 aromatic rings. The number of nitro benzene ring substituents is 1. The minimum atomic E-state index is -1.07. The van der Waals surface area contributed by atoms with E-state index >= 15 is 0 Å². The first-order chi connectivity index (χ1) is 15.9. The third-order valence-electron chi connectivity index (χ3n) is 6.23. The Morgan fingerprint density at radius 3 is 2.52 bits per heavy atom. The number of nitro groups is 1. The summed E-state index contributed by atoms with van der Waals surface area (Å²) in [6.07, 6.45) is 4.90. The molecule has 10 nitrogen and oxygen atoms in total. The third kappa shape index (κ3) is 3.10. The summed E-state index contributed by atoms with van der Waals surface area (Å²) in [5.41, 5.74) is 0.237. The molecule has 3 aliphatic heterocycles. The fraction of sp³-hybridized carbons (Fsp3) is 0.217. The molecule has 2 aromatic carbocycles. The summed E-state index contributed by atoms with van der Waals surface area (Å²) >= 11 is 0. The predicted molar refractivity (Wildman–Crippen MR) is 117 cm³/mol. The van der Waals surface area contributed by atoms with Crippen LogP contribution in [0, 0.1) is 22.0 Å². The number of benzene rings is 2. The van der Waals surface area contributed by atoms with Gasteiger partial charge in [-0.25, -0.2) is 4.90 Å². The third-order valence-corrected chi connectivity index (χ3v) is 6.23. The Morgan fingerprint density at radius 1 is 1.09 bits per heavy atom. The summed E-state index contributed by atoms with van der Waals surface area (Å²) in [6.45, 7) is 0. The molecule has 0 aromatic heterocycles. The van der Waals surface area contributed by atoms with Gasteiger partial charge in [-0.1, -0.05) is 18.2 Å². The van der Waals surface area contributed by atoms with Crippen LogP contribution in [0.4, 0.5) is 11.4 Å². The highest BCUT2D eigenvalue weighted by Gasteiger charge is 2.64. The smallest absolute Gasteiger partial charge is 0.270 e. The summed E-state index contributed by atoms with van der Waals surface area (Å²) in [5.74, 6) is -2.62. The van der Waals surface area contributed by atoms with Gasteiger partial charge in [0, 0.05) is 23.9 Å². The molecule has 0 spiro atoms. The highest BCUT2D eigenvalue weighted by atomic mass is 16.6. The number of Topliss-reactive ketones (excluding diaryl/α,β-unsaturated/α-hetero) is 1. The van der Waals surface area contributed by atoms with Crippen LogP contribution in [-0.4, -0.2) is 52.9 Å². The molecule has 0 unspecified atom stereocenters. The number of non-ortho nitro benzene ring substituents is 1. The largest absolute Gasteiger partial charge is 0.497 e. The minimum Gasteiger partial charge on any atom is -0.497 e. The van der Waals surface area contributed by atoms with Gasteiger partial charge in [-0.3, -0.25) is 29.5 Å². The Morgan fingerprint density at radius 2 is 1.82 bits per heavy atom. The second kappa shape index (κ2) is 7.66. The van der Waals surface area contributed by atoms with Crippen molar-refractivity contribution in [3.63, 3.8) is 0 Å². The molecule has 33 heavy (non-hydrogen) atoms. The molecule has 0 bridgehead atoms. The molecular formula is C23H18N4O6. The van der Waals surface area contributed by atoms with Crippen LogP contribution in [0.25, 0.3) is 0 Å². The number of amides is 2. The van der Waals surface area contributed by atoms with Crippen LogP contribution in [0.2, 0.25) is 0 Å². The summed E-state index contributed by atoms with van der Waals surface area (Å²) in [5, 5.41) is 16.9. The summed E-state index contributed by atoms with van der Waals surface area (Å²) in [7, 11) is 1.51. The fourth-order valence-corrected chi connectivity index (χ4v) is 4.77. The van der Waals surface area contributed by atoms with Crippen molar-refractivity contribution in [2.24, 2.45) is 16.9 Å². The van der Waals surface area contributed by atoms with Crippen molar-refractivity contribution in [1.29, 1.82) is 0 Å². The van der Waals surface area contributed by atoms with Crippen LogP contribution in [0.5, 0.6) is 5.75 Å². The second-order valence-corrected chi connectivity index (χ2v) is 7.90. The van der Waals surface area contributed by atoms with Crippen molar-refractivity contribution in [2.45, 2.75) is 12.1 Å². The molecule has 3 heterocycles. The molecule has 2 fully saturated rings. The number of nitrogens with zero attached hydrogens (tertiary/aromatic N) is 4. The Bertz CT molecular complexity index is 1240. The first-order valence-corrected chi connectivity index (χ1v) is 10.2. The first-order valence-electron chi connectivity index (χ1n) is 10.2. The number of carbonyl (C=O) groups is 3. The number of allylic oxidation sites excluding steroid dienone is 1. The van der Waals surface area contributed by atoms with Gasteiger partial charge in [-0.05, 0) is 30.3 Å². The molecule has 0 saturated carbocycles. The summed E-state index contributed by atoms with van der Waals surface area (Å²) in [6, 6.07) is 10.2. The van der Waals surface area contributed by atoms with Gasteiger partial charge >= 0.3 is 0 Å². The van der Waals surface area contributed by atoms with E-state index in [1.54, 1.807) is 36.4 Å². The number of imide groups is 1. The SMILES string of the molecule is COc1ccc(N2C(=O)[C@@H]3[C@@H](C2=O)[C@@H](C(=O)c2cccc([N+](=O)[O-])c2)N2N=CC=C[C@H]32)cc1. The van der Waals surface area contributed by atoms with Gasteiger partial charge in [0.15, 0.2) is 5.78 Å². The lowest BCUT2D eigenvalue weighted by Crippen LogP contribution is -2.46. The highest BCUT2D eigenvalue weighted by molar-refractivity contribution is 6.24. The quantitative estimate of drug-likeness (QED) is 0.299. The standard InChI is InChI=1S/C23H18N4O6/c1-33-16-9-7-14(8-10-16)25-22(29)18-17-6-3-11-24-26(17)20(19(18)23(25)30)21(28)13-4-2-5-15(12-13)27(31)32/h2-12,17-20H,1H3/t17-,18+,19-,20+/m1/s1. The van der Waals surface area contributed by atoms with E-state index in [9.17, 15) is 24.5 Å². The van der Waals surface area contributed by atoms with E-state index in [1.807, 2.05) is 0 Å². The van der Waals surface area contributed by atoms with E-state index in [4.69, 9.17) is 4.74 Å². The summed E-state index contributed by atoms with van der Waals surface area (Å²) < 4.78 is 5.14. The van der Waals surface area contributed by atoms with E-state index in [1.165, 1.54) is 42.6 Å². The number of hydrazone groups is 1. The van der Waals surface area contributed by atoms with Crippen LogP contribution in [-0.2, 0) is 9.59 Å². The fourth-order valence-electron chi connectivity index (χ4n) is 4.77. The first kappa shape index (κ1) is 20.6. The lowest BCUT2D eigenvalue weighted by Gasteiger charge is -2.30. The van der Waals surface area contributed by atoms with Crippen molar-refractivity contribution in [3.05, 3.63) is 76.4 Å². The molecule has 0 aliphatic carbocycles. The van der Waals surface area contributed by atoms with Gasteiger partial charge in [-0.15, -0.1) is 0 Å². The Hall–Kier alpha value is -4.34.